The molecule has 7 heteroatoms. The summed E-state index contributed by atoms with van der Waals surface area (Å²) in [6, 6.07) is 3.69. The standard InChI is InChI=1S/C31H41F3N2O2/c1-17-25(37)12-14-30(6)21-11-13-29(5)20(19(21)16-35-26(17)30)9-10-23(29)27(38)36-24-15-18(31(32,33)34)7-8-22(24)28(2,3)4/h7-8,15,19-21,23,35H,9-14,16H2,1-6H3,(H,36,38)/t19-,20-,21-,23+,29-,30+/m0/s1. The predicted molar refractivity (Wildman–Crippen MR) is 142 cm³/mol. The molecule has 4 aliphatic rings. The molecule has 1 amide bonds. The van der Waals surface area contributed by atoms with Crippen LogP contribution in [0.25, 0.3) is 0 Å². The number of allylic oxidation sites excluding steroid dienone is 2. The molecule has 1 aliphatic heterocycles. The minimum Gasteiger partial charge on any atom is -0.387 e. The van der Waals surface area contributed by atoms with E-state index in [0.29, 0.717) is 29.7 Å². The van der Waals surface area contributed by atoms with E-state index >= 15 is 0 Å². The number of anilines is 1. The van der Waals surface area contributed by atoms with Gasteiger partial charge in [0.2, 0.25) is 5.91 Å². The van der Waals surface area contributed by atoms with Crippen molar-refractivity contribution >= 4 is 17.4 Å². The predicted octanol–water partition coefficient (Wildman–Crippen LogP) is 7.25. The molecule has 3 fully saturated rings. The number of piperidine rings is 1. The first-order valence-corrected chi connectivity index (χ1v) is 14.1. The zero-order chi connectivity index (χ0) is 27.8. The van der Waals surface area contributed by atoms with Crippen molar-refractivity contribution in [3.8, 4) is 0 Å². The third kappa shape index (κ3) is 4.19. The second kappa shape index (κ2) is 8.85. The molecule has 2 saturated carbocycles. The number of carbonyl (C=O) groups excluding carboxylic acids is 2. The van der Waals surface area contributed by atoms with Crippen molar-refractivity contribution in [1.29, 1.82) is 0 Å². The van der Waals surface area contributed by atoms with E-state index in [4.69, 9.17) is 0 Å². The van der Waals surface area contributed by atoms with E-state index in [0.717, 1.165) is 62.1 Å². The molecule has 0 bridgehead atoms. The lowest BCUT2D eigenvalue weighted by Crippen LogP contribution is -2.57. The summed E-state index contributed by atoms with van der Waals surface area (Å²) in [7, 11) is 0. The summed E-state index contributed by atoms with van der Waals surface area (Å²) in [4.78, 5) is 26.2. The molecule has 1 saturated heterocycles. The van der Waals surface area contributed by atoms with Gasteiger partial charge in [-0.2, -0.15) is 13.2 Å². The molecule has 1 heterocycles. The summed E-state index contributed by atoms with van der Waals surface area (Å²) >= 11 is 0. The van der Waals surface area contributed by atoms with E-state index < -0.39 is 17.2 Å². The number of nitrogens with one attached hydrogen (secondary N) is 2. The van der Waals surface area contributed by atoms with Crippen molar-refractivity contribution < 1.29 is 22.8 Å². The zero-order valence-corrected chi connectivity index (χ0v) is 23.4. The van der Waals surface area contributed by atoms with E-state index in [-0.39, 0.29) is 34.1 Å². The number of fused-ring (bicyclic) bond motifs is 5. The highest BCUT2D eigenvalue weighted by Crippen LogP contribution is 2.64. The summed E-state index contributed by atoms with van der Waals surface area (Å²) in [5, 5.41) is 6.62. The fourth-order valence-corrected chi connectivity index (χ4v) is 8.67. The molecule has 0 unspecified atom stereocenters. The Morgan fingerprint density at radius 3 is 2.42 bits per heavy atom. The van der Waals surface area contributed by atoms with Gasteiger partial charge in [-0.1, -0.05) is 40.7 Å². The SMILES string of the molecule is CC1=C2NC[C@H]3[C@@H]4CC[C@H](C(=O)Nc5cc(C(F)(F)F)ccc5C(C)(C)C)[C@@]4(C)CC[C@@H]3[C@@]2(C)CCC1=O. The highest BCUT2D eigenvalue weighted by molar-refractivity contribution is 5.97. The van der Waals surface area contributed by atoms with Gasteiger partial charge in [0.1, 0.15) is 0 Å². The van der Waals surface area contributed by atoms with Crippen molar-refractivity contribution in [3.63, 3.8) is 0 Å². The molecule has 0 radical (unpaired) electrons. The van der Waals surface area contributed by atoms with Crippen LogP contribution in [0, 0.1) is 34.5 Å². The Hall–Kier alpha value is -2.31. The number of benzene rings is 1. The fraction of sp³-hybridized carbons (Fsp3) is 0.677. The van der Waals surface area contributed by atoms with Crippen molar-refractivity contribution in [1.82, 2.24) is 5.32 Å². The maximum absolute atomic E-state index is 13.8. The number of ketones is 1. The van der Waals surface area contributed by atoms with Gasteiger partial charge in [0.15, 0.2) is 5.78 Å². The fourth-order valence-electron chi connectivity index (χ4n) is 8.67. The Morgan fingerprint density at radius 1 is 1.05 bits per heavy atom. The third-order valence-electron chi connectivity index (χ3n) is 10.7. The molecule has 1 aromatic carbocycles. The first-order valence-electron chi connectivity index (χ1n) is 14.1. The van der Waals surface area contributed by atoms with Gasteiger partial charge in [0.25, 0.3) is 0 Å². The van der Waals surface area contributed by atoms with Gasteiger partial charge >= 0.3 is 6.18 Å². The lowest BCUT2D eigenvalue weighted by Gasteiger charge is -2.58. The van der Waals surface area contributed by atoms with Crippen molar-refractivity contribution in [3.05, 3.63) is 40.6 Å². The van der Waals surface area contributed by atoms with Crippen molar-refractivity contribution in [2.75, 3.05) is 11.9 Å². The highest BCUT2D eigenvalue weighted by Gasteiger charge is 2.60. The Kier molecular flexibility index (Phi) is 6.35. The Bertz CT molecular complexity index is 1200. The highest BCUT2D eigenvalue weighted by atomic mass is 19.4. The van der Waals surface area contributed by atoms with Crippen LogP contribution in [-0.2, 0) is 21.2 Å². The summed E-state index contributed by atoms with van der Waals surface area (Å²) in [6.45, 7) is 13.1. The Morgan fingerprint density at radius 2 is 1.76 bits per heavy atom. The molecular weight excluding hydrogens is 489 g/mol. The van der Waals surface area contributed by atoms with E-state index in [2.05, 4.69) is 24.5 Å². The van der Waals surface area contributed by atoms with E-state index in [1.54, 1.807) is 0 Å². The molecule has 208 valence electrons. The molecule has 4 nitrogen and oxygen atoms in total. The van der Waals surface area contributed by atoms with Gasteiger partial charge in [-0.05, 0) is 85.3 Å². The average Bonchev–Trinajstić information content (AvgIpc) is 3.18. The van der Waals surface area contributed by atoms with Gasteiger partial charge in [0, 0.05) is 41.3 Å². The first kappa shape index (κ1) is 27.3. The molecule has 0 spiro atoms. The number of hydrogen-bond acceptors (Lipinski definition) is 3. The number of alkyl halides is 3. The molecule has 5 rings (SSSR count). The summed E-state index contributed by atoms with van der Waals surface area (Å²) in [5.74, 6) is 1.09. The number of rotatable bonds is 2. The van der Waals surface area contributed by atoms with Crippen LogP contribution in [0.5, 0.6) is 0 Å². The van der Waals surface area contributed by atoms with E-state index in [1.807, 2.05) is 27.7 Å². The normalized spacial score (nSPS) is 35.2. The first-order chi connectivity index (χ1) is 17.6. The van der Waals surface area contributed by atoms with Crippen LogP contribution >= 0.6 is 0 Å². The van der Waals surface area contributed by atoms with Gasteiger partial charge in [-0.25, -0.2) is 0 Å². The quantitative estimate of drug-likeness (QED) is 0.424. The number of carbonyl (C=O) groups is 2. The monoisotopic (exact) mass is 530 g/mol. The number of Topliss-reactive ketones (excluding diaryl/α,β-unsaturated/α-hetero) is 1. The van der Waals surface area contributed by atoms with Crippen LogP contribution < -0.4 is 10.6 Å². The molecule has 38 heavy (non-hydrogen) atoms. The van der Waals surface area contributed by atoms with Crippen molar-refractivity contribution in [2.45, 2.75) is 91.7 Å². The minimum absolute atomic E-state index is 0.0395. The van der Waals surface area contributed by atoms with Crippen LogP contribution in [-0.4, -0.2) is 18.2 Å². The Labute approximate surface area is 224 Å². The van der Waals surface area contributed by atoms with Gasteiger partial charge in [-0.15, -0.1) is 0 Å². The lowest BCUT2D eigenvalue weighted by atomic mass is 9.49. The summed E-state index contributed by atoms with van der Waals surface area (Å²) in [5.41, 5.74) is 1.57. The zero-order valence-electron chi connectivity index (χ0n) is 23.4. The van der Waals surface area contributed by atoms with Crippen LogP contribution in [0.4, 0.5) is 18.9 Å². The van der Waals surface area contributed by atoms with Gasteiger partial charge in [-0.3, -0.25) is 9.59 Å². The maximum Gasteiger partial charge on any atom is 0.416 e. The van der Waals surface area contributed by atoms with E-state index in [1.165, 1.54) is 6.07 Å². The second-order valence-corrected chi connectivity index (χ2v) is 13.8. The smallest absolute Gasteiger partial charge is 0.387 e. The van der Waals surface area contributed by atoms with Crippen LogP contribution in [0.1, 0.15) is 91.2 Å². The van der Waals surface area contributed by atoms with Crippen molar-refractivity contribution in [2.24, 2.45) is 34.5 Å². The number of hydrogen-bond donors (Lipinski definition) is 2. The lowest BCUT2D eigenvalue weighted by molar-refractivity contribution is -0.137. The minimum atomic E-state index is -4.47. The molecular formula is C31H41F3N2O2. The van der Waals surface area contributed by atoms with Crippen LogP contribution in [0.2, 0.25) is 0 Å². The van der Waals surface area contributed by atoms with Crippen LogP contribution in [0.3, 0.4) is 0 Å². The molecule has 0 aromatic heterocycles. The van der Waals surface area contributed by atoms with E-state index in [9.17, 15) is 22.8 Å². The maximum atomic E-state index is 13.8. The average molecular weight is 531 g/mol. The molecule has 3 aliphatic carbocycles. The largest absolute Gasteiger partial charge is 0.416 e. The number of amides is 1. The molecule has 2 N–H and O–H groups in total. The number of halogens is 3. The topological polar surface area (TPSA) is 58.2 Å². The third-order valence-corrected chi connectivity index (χ3v) is 10.7. The Balaban J connectivity index is 1.41. The van der Waals surface area contributed by atoms with Gasteiger partial charge < -0.3 is 10.6 Å². The van der Waals surface area contributed by atoms with Gasteiger partial charge in [0.05, 0.1) is 5.56 Å². The summed E-state index contributed by atoms with van der Waals surface area (Å²) < 4.78 is 40.6. The summed E-state index contributed by atoms with van der Waals surface area (Å²) in [6.07, 6.45) is 0.596. The van der Waals surface area contributed by atoms with Crippen LogP contribution in [0.15, 0.2) is 29.5 Å². The second-order valence-electron chi connectivity index (χ2n) is 13.8. The molecule has 1 aromatic rings. The molecule has 6 atom stereocenters.